The minimum absolute atomic E-state index is 0.647. The Morgan fingerprint density at radius 1 is 1.05 bits per heavy atom. The number of benzene rings is 2. The van der Waals surface area contributed by atoms with Crippen LogP contribution >= 0.6 is 0 Å². The molecule has 0 radical (unpaired) electrons. The second-order valence-electron chi connectivity index (χ2n) is 4.84. The molecule has 1 heterocycles. The van der Waals surface area contributed by atoms with Gasteiger partial charge in [-0.15, -0.1) is 0 Å². The third-order valence-electron chi connectivity index (χ3n) is 3.18. The van der Waals surface area contributed by atoms with Gasteiger partial charge >= 0.3 is 0 Å². The maximum absolute atomic E-state index is 5.51. The summed E-state index contributed by atoms with van der Waals surface area (Å²) >= 11 is 0. The van der Waals surface area contributed by atoms with Gasteiger partial charge in [0.2, 0.25) is 0 Å². The van der Waals surface area contributed by atoms with Crippen molar-refractivity contribution in [2.24, 2.45) is 0 Å². The first kappa shape index (κ1) is 13.4. The van der Waals surface area contributed by atoms with Crippen molar-refractivity contribution in [2.75, 3.05) is 6.61 Å². The number of rotatable bonds is 4. The molecule has 3 rings (SSSR count). The van der Waals surface area contributed by atoms with Crippen LogP contribution in [0.4, 0.5) is 0 Å². The molecule has 4 heteroatoms. The second-order valence-corrected chi connectivity index (χ2v) is 4.84. The molecule has 0 fully saturated rings. The molecule has 0 saturated carbocycles. The molecule has 0 saturated heterocycles. The Balaban J connectivity index is 1.93. The van der Waals surface area contributed by atoms with E-state index >= 15 is 0 Å². The van der Waals surface area contributed by atoms with E-state index in [-0.39, 0.29) is 0 Å². The average Bonchev–Trinajstić information content (AvgIpc) is 2.98. The zero-order valence-electron chi connectivity index (χ0n) is 12.1. The van der Waals surface area contributed by atoms with E-state index in [0.29, 0.717) is 12.4 Å². The summed E-state index contributed by atoms with van der Waals surface area (Å²) in [5.41, 5.74) is 3.17. The Hall–Kier alpha value is -2.62. The molecule has 3 aromatic rings. The largest absolute Gasteiger partial charge is 0.494 e. The van der Waals surface area contributed by atoms with Crippen LogP contribution in [-0.2, 0) is 0 Å². The van der Waals surface area contributed by atoms with E-state index in [1.54, 1.807) is 0 Å². The minimum Gasteiger partial charge on any atom is -0.494 e. The molecule has 2 aromatic carbocycles. The van der Waals surface area contributed by atoms with E-state index in [4.69, 9.17) is 4.74 Å². The summed E-state index contributed by atoms with van der Waals surface area (Å²) in [6.45, 7) is 4.67. The van der Waals surface area contributed by atoms with Crippen LogP contribution in [0.25, 0.3) is 22.8 Å². The zero-order valence-corrected chi connectivity index (χ0v) is 12.1. The van der Waals surface area contributed by atoms with Gasteiger partial charge in [0.1, 0.15) is 5.75 Å². The monoisotopic (exact) mass is 279 g/mol. The smallest absolute Gasteiger partial charge is 0.181 e. The molecule has 0 aliphatic heterocycles. The van der Waals surface area contributed by atoms with Crippen LogP contribution in [0.15, 0.2) is 48.5 Å². The number of hydrogen-bond acceptors (Lipinski definition) is 3. The van der Waals surface area contributed by atoms with Gasteiger partial charge in [-0.1, -0.05) is 35.9 Å². The molecule has 0 aliphatic rings. The number of aromatic nitrogens is 3. The van der Waals surface area contributed by atoms with Crippen molar-refractivity contribution in [3.8, 4) is 28.5 Å². The fourth-order valence-corrected chi connectivity index (χ4v) is 2.20. The second kappa shape index (κ2) is 5.79. The summed E-state index contributed by atoms with van der Waals surface area (Å²) in [5.74, 6) is 2.28. The Labute approximate surface area is 123 Å². The molecule has 1 aromatic heterocycles. The van der Waals surface area contributed by atoms with Crippen LogP contribution in [0.2, 0.25) is 0 Å². The molecule has 106 valence electrons. The Bertz CT molecular complexity index is 749. The molecule has 4 nitrogen and oxygen atoms in total. The number of ether oxygens (including phenoxy) is 1. The maximum atomic E-state index is 5.51. The fourth-order valence-electron chi connectivity index (χ4n) is 2.20. The highest BCUT2D eigenvalue weighted by Crippen LogP contribution is 2.23. The van der Waals surface area contributed by atoms with Gasteiger partial charge in [0.15, 0.2) is 11.6 Å². The third-order valence-corrected chi connectivity index (χ3v) is 3.18. The van der Waals surface area contributed by atoms with E-state index in [2.05, 4.69) is 34.2 Å². The van der Waals surface area contributed by atoms with Gasteiger partial charge in [-0.05, 0) is 32.0 Å². The fraction of sp³-hybridized carbons (Fsp3) is 0.176. The van der Waals surface area contributed by atoms with Crippen molar-refractivity contribution in [3.05, 3.63) is 54.1 Å². The lowest BCUT2D eigenvalue weighted by Gasteiger charge is -2.03. The van der Waals surface area contributed by atoms with Crippen molar-refractivity contribution >= 4 is 0 Å². The molecule has 0 aliphatic carbocycles. The number of H-pyrrole nitrogens is 1. The molecule has 0 spiro atoms. The van der Waals surface area contributed by atoms with Crippen LogP contribution in [0.1, 0.15) is 12.5 Å². The molecule has 0 bridgehead atoms. The van der Waals surface area contributed by atoms with Crippen LogP contribution in [0, 0.1) is 6.92 Å². The number of hydrogen-bond donors (Lipinski definition) is 1. The van der Waals surface area contributed by atoms with Crippen molar-refractivity contribution in [1.82, 2.24) is 15.2 Å². The normalized spacial score (nSPS) is 10.6. The first-order chi connectivity index (χ1) is 10.3. The predicted octanol–water partition coefficient (Wildman–Crippen LogP) is 3.85. The van der Waals surface area contributed by atoms with E-state index < -0.39 is 0 Å². The number of aryl methyl sites for hydroxylation is 1. The number of nitrogens with zero attached hydrogens (tertiary/aromatic N) is 2. The molecular weight excluding hydrogens is 262 g/mol. The summed E-state index contributed by atoms with van der Waals surface area (Å²) < 4.78 is 5.51. The predicted molar refractivity (Wildman–Crippen MR) is 83.2 cm³/mol. The van der Waals surface area contributed by atoms with Crippen molar-refractivity contribution < 1.29 is 4.74 Å². The lowest BCUT2D eigenvalue weighted by Crippen LogP contribution is -1.91. The first-order valence-corrected chi connectivity index (χ1v) is 6.99. The Kier molecular flexibility index (Phi) is 3.69. The van der Waals surface area contributed by atoms with Crippen LogP contribution in [0.3, 0.4) is 0 Å². The van der Waals surface area contributed by atoms with Crippen molar-refractivity contribution in [3.63, 3.8) is 0 Å². The summed E-state index contributed by atoms with van der Waals surface area (Å²) in [5, 5.41) is 7.30. The lowest BCUT2D eigenvalue weighted by molar-refractivity contribution is 0.340. The van der Waals surface area contributed by atoms with Gasteiger partial charge in [0.05, 0.1) is 6.61 Å². The average molecular weight is 279 g/mol. The lowest BCUT2D eigenvalue weighted by atomic mass is 10.1. The van der Waals surface area contributed by atoms with Gasteiger partial charge in [-0.2, -0.15) is 5.10 Å². The van der Waals surface area contributed by atoms with Gasteiger partial charge < -0.3 is 4.74 Å². The van der Waals surface area contributed by atoms with Crippen LogP contribution in [0.5, 0.6) is 5.75 Å². The number of nitrogens with one attached hydrogen (secondary N) is 1. The highest BCUT2D eigenvalue weighted by molar-refractivity contribution is 5.62. The molecule has 1 N–H and O–H groups in total. The highest BCUT2D eigenvalue weighted by atomic mass is 16.5. The third kappa shape index (κ3) is 2.94. The van der Waals surface area contributed by atoms with Gasteiger partial charge in [0.25, 0.3) is 0 Å². The van der Waals surface area contributed by atoms with E-state index in [1.807, 2.05) is 43.3 Å². The van der Waals surface area contributed by atoms with Gasteiger partial charge in [-0.25, -0.2) is 4.98 Å². The summed E-state index contributed by atoms with van der Waals surface area (Å²) in [6.07, 6.45) is 0. The maximum Gasteiger partial charge on any atom is 0.181 e. The molecular formula is C17H17N3O. The SMILES string of the molecule is CCOc1cccc(-c2nc(-c3cccc(C)c3)n[nH]2)c1. The summed E-state index contributed by atoms with van der Waals surface area (Å²) in [4.78, 5) is 4.57. The first-order valence-electron chi connectivity index (χ1n) is 6.99. The van der Waals surface area contributed by atoms with Crippen LogP contribution in [-0.4, -0.2) is 21.8 Å². The topological polar surface area (TPSA) is 50.8 Å². The Morgan fingerprint density at radius 3 is 2.67 bits per heavy atom. The van der Waals surface area contributed by atoms with E-state index in [1.165, 1.54) is 5.56 Å². The molecule has 0 amide bonds. The van der Waals surface area contributed by atoms with Gasteiger partial charge in [-0.3, -0.25) is 5.10 Å². The minimum atomic E-state index is 0.647. The number of aromatic amines is 1. The van der Waals surface area contributed by atoms with Crippen LogP contribution < -0.4 is 4.74 Å². The van der Waals surface area contributed by atoms with E-state index in [0.717, 1.165) is 22.7 Å². The molecule has 21 heavy (non-hydrogen) atoms. The highest BCUT2D eigenvalue weighted by Gasteiger charge is 2.08. The van der Waals surface area contributed by atoms with E-state index in [9.17, 15) is 0 Å². The standard InChI is InChI=1S/C17H17N3O/c1-3-21-15-9-5-8-14(11-15)17-18-16(19-20-17)13-7-4-6-12(2)10-13/h4-11H,3H2,1-2H3,(H,18,19,20). The van der Waals surface area contributed by atoms with Crippen molar-refractivity contribution in [1.29, 1.82) is 0 Å². The summed E-state index contributed by atoms with van der Waals surface area (Å²) in [7, 11) is 0. The quantitative estimate of drug-likeness (QED) is 0.789. The van der Waals surface area contributed by atoms with Gasteiger partial charge in [0, 0.05) is 11.1 Å². The Morgan fingerprint density at radius 2 is 1.86 bits per heavy atom. The zero-order chi connectivity index (χ0) is 14.7. The molecule has 0 unspecified atom stereocenters. The molecule has 0 atom stereocenters. The summed E-state index contributed by atoms with van der Waals surface area (Å²) in [6, 6.07) is 16.0. The van der Waals surface area contributed by atoms with Crippen molar-refractivity contribution in [2.45, 2.75) is 13.8 Å².